The summed E-state index contributed by atoms with van der Waals surface area (Å²) in [6, 6.07) is 0.102. The maximum atomic E-state index is 11.7. The molecular weight excluding hydrogens is 236 g/mol. The van der Waals surface area contributed by atoms with Crippen LogP contribution in [0.3, 0.4) is 0 Å². The van der Waals surface area contributed by atoms with Crippen molar-refractivity contribution in [1.82, 2.24) is 20.3 Å². The number of carboxylic acid groups (broad SMARTS) is 1. The minimum Gasteiger partial charge on any atom is -0.476 e. The van der Waals surface area contributed by atoms with E-state index in [4.69, 9.17) is 5.11 Å². The molecule has 7 nitrogen and oxygen atoms in total. The van der Waals surface area contributed by atoms with E-state index in [1.54, 1.807) is 6.92 Å². The highest BCUT2D eigenvalue weighted by atomic mass is 16.4. The number of aromatic nitrogens is 3. The summed E-state index contributed by atoms with van der Waals surface area (Å²) in [7, 11) is 0. The smallest absolute Gasteiger partial charge is 0.358 e. The van der Waals surface area contributed by atoms with Crippen molar-refractivity contribution in [3.8, 4) is 0 Å². The summed E-state index contributed by atoms with van der Waals surface area (Å²) in [5.41, 5.74) is 0.255. The number of aromatic carboxylic acids is 1. The fraction of sp³-hybridized carbons (Fsp3) is 0.636. The molecule has 0 aliphatic rings. The summed E-state index contributed by atoms with van der Waals surface area (Å²) in [5.74, 6) is -1.33. The molecule has 100 valence electrons. The fourth-order valence-corrected chi connectivity index (χ4v) is 1.67. The highest BCUT2D eigenvalue weighted by Gasteiger charge is 2.17. The predicted octanol–water partition coefficient (Wildman–Crippen LogP) is 0.590. The molecule has 1 unspecified atom stereocenters. The first-order valence-corrected chi connectivity index (χ1v) is 5.88. The third kappa shape index (κ3) is 3.54. The van der Waals surface area contributed by atoms with E-state index in [2.05, 4.69) is 15.6 Å². The van der Waals surface area contributed by atoms with Crippen molar-refractivity contribution in [1.29, 1.82) is 0 Å². The first kappa shape index (κ1) is 14.1. The van der Waals surface area contributed by atoms with Crippen molar-refractivity contribution in [2.45, 2.75) is 46.2 Å². The minimum absolute atomic E-state index is 0.0137. The van der Waals surface area contributed by atoms with Crippen molar-refractivity contribution in [2.24, 2.45) is 0 Å². The molecule has 1 rings (SSSR count). The molecule has 1 aromatic heterocycles. The van der Waals surface area contributed by atoms with Crippen molar-refractivity contribution in [3.63, 3.8) is 0 Å². The van der Waals surface area contributed by atoms with Gasteiger partial charge in [-0.25, -0.2) is 9.48 Å². The zero-order chi connectivity index (χ0) is 13.7. The fourth-order valence-electron chi connectivity index (χ4n) is 1.67. The lowest BCUT2D eigenvalue weighted by Crippen LogP contribution is -2.35. The van der Waals surface area contributed by atoms with Gasteiger partial charge in [-0.1, -0.05) is 18.6 Å². The largest absolute Gasteiger partial charge is 0.476 e. The summed E-state index contributed by atoms with van der Waals surface area (Å²) in [5, 5.41) is 18.8. The Labute approximate surface area is 105 Å². The second-order valence-corrected chi connectivity index (χ2v) is 4.24. The second-order valence-electron chi connectivity index (χ2n) is 4.24. The number of carbonyl (C=O) groups is 2. The maximum Gasteiger partial charge on any atom is 0.358 e. The molecule has 0 spiro atoms. The number of nitrogens with zero attached hydrogens (tertiary/aromatic N) is 3. The number of carboxylic acids is 1. The summed E-state index contributed by atoms with van der Waals surface area (Å²) in [6.45, 7) is 5.54. The van der Waals surface area contributed by atoms with Crippen LogP contribution in [0.2, 0.25) is 0 Å². The van der Waals surface area contributed by atoms with Gasteiger partial charge in [0.05, 0.1) is 5.69 Å². The summed E-state index contributed by atoms with van der Waals surface area (Å²) < 4.78 is 1.29. The normalized spacial score (nSPS) is 12.2. The van der Waals surface area contributed by atoms with Crippen LogP contribution >= 0.6 is 0 Å². The van der Waals surface area contributed by atoms with E-state index in [-0.39, 0.29) is 24.2 Å². The van der Waals surface area contributed by atoms with E-state index < -0.39 is 5.97 Å². The Hall–Kier alpha value is -1.92. The topological polar surface area (TPSA) is 97.1 Å². The van der Waals surface area contributed by atoms with Gasteiger partial charge >= 0.3 is 5.97 Å². The Morgan fingerprint density at radius 3 is 2.67 bits per heavy atom. The van der Waals surface area contributed by atoms with Crippen LogP contribution < -0.4 is 5.32 Å². The Bertz CT molecular complexity index is 441. The molecule has 1 amide bonds. The van der Waals surface area contributed by atoms with Crippen molar-refractivity contribution < 1.29 is 14.7 Å². The number of carbonyl (C=O) groups excluding carboxylic acids is 1. The summed E-state index contributed by atoms with van der Waals surface area (Å²) in [6.07, 6.45) is 1.90. The van der Waals surface area contributed by atoms with E-state index >= 15 is 0 Å². The molecule has 1 aromatic rings. The van der Waals surface area contributed by atoms with Gasteiger partial charge in [0.25, 0.3) is 0 Å². The molecule has 18 heavy (non-hydrogen) atoms. The number of amides is 1. The van der Waals surface area contributed by atoms with Gasteiger partial charge in [0, 0.05) is 6.04 Å². The van der Waals surface area contributed by atoms with E-state index in [9.17, 15) is 9.59 Å². The summed E-state index contributed by atoms with van der Waals surface area (Å²) in [4.78, 5) is 22.4. The molecule has 0 saturated heterocycles. The van der Waals surface area contributed by atoms with Gasteiger partial charge in [-0.05, 0) is 20.3 Å². The quantitative estimate of drug-likeness (QED) is 0.774. The molecule has 0 aliphatic heterocycles. The van der Waals surface area contributed by atoms with Gasteiger partial charge in [-0.15, -0.1) is 5.10 Å². The van der Waals surface area contributed by atoms with Crippen LogP contribution in [0.5, 0.6) is 0 Å². The van der Waals surface area contributed by atoms with E-state index in [0.29, 0.717) is 5.69 Å². The lowest BCUT2D eigenvalue weighted by Gasteiger charge is -2.12. The summed E-state index contributed by atoms with van der Waals surface area (Å²) >= 11 is 0. The third-order valence-corrected chi connectivity index (χ3v) is 2.61. The molecule has 0 fully saturated rings. The Morgan fingerprint density at radius 1 is 1.50 bits per heavy atom. The Balaban J connectivity index is 2.62. The molecule has 2 N–H and O–H groups in total. The van der Waals surface area contributed by atoms with Gasteiger partial charge in [0.15, 0.2) is 5.69 Å². The van der Waals surface area contributed by atoms with Gasteiger partial charge in [-0.2, -0.15) is 0 Å². The molecular formula is C11H18N4O3. The lowest BCUT2D eigenvalue weighted by molar-refractivity contribution is -0.122. The highest BCUT2D eigenvalue weighted by Crippen LogP contribution is 2.03. The van der Waals surface area contributed by atoms with E-state index in [1.807, 2.05) is 13.8 Å². The van der Waals surface area contributed by atoms with Crippen LogP contribution in [0.25, 0.3) is 0 Å². The SMILES string of the molecule is CCCC(C)NC(=O)Cn1nnc(C(=O)O)c1C. The first-order valence-electron chi connectivity index (χ1n) is 5.88. The van der Waals surface area contributed by atoms with Crippen LogP contribution in [0.15, 0.2) is 0 Å². The number of rotatable bonds is 6. The number of hydrogen-bond donors (Lipinski definition) is 2. The van der Waals surface area contributed by atoms with Crippen LogP contribution in [0.1, 0.15) is 42.9 Å². The zero-order valence-corrected chi connectivity index (χ0v) is 10.8. The monoisotopic (exact) mass is 254 g/mol. The van der Waals surface area contributed by atoms with Crippen LogP contribution in [-0.2, 0) is 11.3 Å². The zero-order valence-electron chi connectivity index (χ0n) is 10.8. The average Bonchev–Trinajstić information content (AvgIpc) is 2.60. The predicted molar refractivity (Wildman–Crippen MR) is 64.2 cm³/mol. The minimum atomic E-state index is -1.14. The first-order chi connectivity index (χ1) is 8.45. The molecule has 0 saturated carbocycles. The van der Waals surface area contributed by atoms with E-state index in [0.717, 1.165) is 12.8 Å². The average molecular weight is 254 g/mol. The van der Waals surface area contributed by atoms with Crippen LogP contribution in [0.4, 0.5) is 0 Å². The van der Waals surface area contributed by atoms with Crippen molar-refractivity contribution in [2.75, 3.05) is 0 Å². The molecule has 0 bridgehead atoms. The van der Waals surface area contributed by atoms with Gasteiger partial charge in [-0.3, -0.25) is 4.79 Å². The molecule has 1 heterocycles. The van der Waals surface area contributed by atoms with Gasteiger partial charge in [0.1, 0.15) is 6.54 Å². The Kier molecular flexibility index (Phi) is 4.82. The highest BCUT2D eigenvalue weighted by molar-refractivity contribution is 5.86. The molecule has 0 aromatic carbocycles. The van der Waals surface area contributed by atoms with Gasteiger partial charge < -0.3 is 10.4 Å². The lowest BCUT2D eigenvalue weighted by atomic mass is 10.2. The van der Waals surface area contributed by atoms with Crippen LogP contribution in [0, 0.1) is 6.92 Å². The number of hydrogen-bond acceptors (Lipinski definition) is 4. The third-order valence-electron chi connectivity index (χ3n) is 2.61. The van der Waals surface area contributed by atoms with Crippen LogP contribution in [-0.4, -0.2) is 38.0 Å². The number of nitrogens with one attached hydrogen (secondary N) is 1. The molecule has 1 atom stereocenters. The van der Waals surface area contributed by atoms with Gasteiger partial charge in [0.2, 0.25) is 5.91 Å². The molecule has 7 heteroatoms. The standard InChI is InChI=1S/C11H18N4O3/c1-4-5-7(2)12-9(16)6-15-8(3)10(11(17)18)13-14-15/h7H,4-6H2,1-3H3,(H,12,16)(H,17,18). The maximum absolute atomic E-state index is 11.7. The van der Waals surface area contributed by atoms with Crippen molar-refractivity contribution >= 4 is 11.9 Å². The van der Waals surface area contributed by atoms with Crippen molar-refractivity contribution in [3.05, 3.63) is 11.4 Å². The molecule has 0 aliphatic carbocycles. The second kappa shape index (κ2) is 6.13. The Morgan fingerprint density at radius 2 is 2.17 bits per heavy atom. The molecule has 0 radical (unpaired) electrons. The van der Waals surface area contributed by atoms with E-state index in [1.165, 1.54) is 4.68 Å².